The molecule has 2 aliphatic rings. The summed E-state index contributed by atoms with van der Waals surface area (Å²) < 4.78 is 14.6. The molecule has 1 aliphatic carbocycles. The number of likely N-dealkylation sites (tertiary alicyclic amines) is 1. The van der Waals surface area contributed by atoms with Gasteiger partial charge in [-0.1, -0.05) is 12.8 Å². The molecule has 1 N–H and O–H groups in total. The maximum absolute atomic E-state index is 13.5. The van der Waals surface area contributed by atoms with Gasteiger partial charge in [-0.15, -0.1) is 5.10 Å². The fourth-order valence-electron chi connectivity index (χ4n) is 3.91. The summed E-state index contributed by atoms with van der Waals surface area (Å²) in [7, 11) is 0. The molecule has 1 saturated heterocycles. The van der Waals surface area contributed by atoms with Crippen molar-refractivity contribution in [1.82, 2.24) is 14.7 Å². The van der Waals surface area contributed by atoms with Crippen molar-refractivity contribution in [2.45, 2.75) is 25.7 Å². The van der Waals surface area contributed by atoms with Crippen molar-refractivity contribution in [2.75, 3.05) is 13.1 Å². The molecule has 2 atom stereocenters. The zero-order valence-electron chi connectivity index (χ0n) is 12.2. The molecule has 116 valence electrons. The van der Waals surface area contributed by atoms with Crippen molar-refractivity contribution >= 4 is 16.9 Å². The third kappa shape index (κ3) is 2.05. The Morgan fingerprint density at radius 3 is 2.59 bits per heavy atom. The van der Waals surface area contributed by atoms with Crippen LogP contribution in [0.2, 0.25) is 0 Å². The lowest BCUT2D eigenvalue weighted by molar-refractivity contribution is 0.205. The zero-order chi connectivity index (χ0) is 15.3. The molecule has 2 fully saturated rings. The van der Waals surface area contributed by atoms with Crippen molar-refractivity contribution < 1.29 is 14.3 Å². The largest absolute Gasteiger partial charge is 0.492 e. The minimum absolute atomic E-state index is 0.236. The Bertz CT molecular complexity index is 728. The maximum Gasteiger partial charge on any atom is 0.345 e. The molecular weight excluding hydrogens is 285 g/mol. The quantitative estimate of drug-likeness (QED) is 0.814. The van der Waals surface area contributed by atoms with Crippen LogP contribution in [0, 0.1) is 17.7 Å². The van der Waals surface area contributed by atoms with Crippen LogP contribution in [0.3, 0.4) is 0 Å². The van der Waals surface area contributed by atoms with E-state index in [0.29, 0.717) is 22.7 Å². The molecule has 1 aromatic carbocycles. The van der Waals surface area contributed by atoms with E-state index in [1.165, 1.54) is 43.9 Å². The van der Waals surface area contributed by atoms with E-state index in [-0.39, 0.29) is 11.9 Å². The second-order valence-electron chi connectivity index (χ2n) is 6.39. The molecule has 2 aromatic rings. The van der Waals surface area contributed by atoms with Crippen molar-refractivity contribution in [3.8, 4) is 5.88 Å². The second-order valence-corrected chi connectivity index (χ2v) is 6.39. The van der Waals surface area contributed by atoms with E-state index in [4.69, 9.17) is 0 Å². The van der Waals surface area contributed by atoms with Gasteiger partial charge in [-0.2, -0.15) is 4.68 Å². The number of hydrogen-bond donors (Lipinski definition) is 1. The van der Waals surface area contributed by atoms with Crippen molar-refractivity contribution in [2.24, 2.45) is 11.8 Å². The van der Waals surface area contributed by atoms with Crippen LogP contribution >= 0.6 is 0 Å². The van der Waals surface area contributed by atoms with Crippen LogP contribution < -0.4 is 0 Å². The van der Waals surface area contributed by atoms with Gasteiger partial charge in [0.15, 0.2) is 0 Å². The molecule has 0 spiro atoms. The molecule has 0 radical (unpaired) electrons. The van der Waals surface area contributed by atoms with Gasteiger partial charge < -0.3 is 10.0 Å². The minimum atomic E-state index is -0.448. The monoisotopic (exact) mass is 303 g/mol. The lowest BCUT2D eigenvalue weighted by Gasteiger charge is -2.22. The highest BCUT2D eigenvalue weighted by Gasteiger charge is 2.37. The summed E-state index contributed by atoms with van der Waals surface area (Å²) in [6, 6.07) is 3.66. The highest BCUT2D eigenvalue weighted by atomic mass is 19.1. The van der Waals surface area contributed by atoms with Crippen LogP contribution in [-0.4, -0.2) is 38.9 Å². The molecule has 2 heterocycles. The van der Waals surface area contributed by atoms with Crippen LogP contribution in [0.5, 0.6) is 5.88 Å². The minimum Gasteiger partial charge on any atom is -0.492 e. The fraction of sp³-hybridized carbons (Fsp3) is 0.500. The predicted octanol–water partition coefficient (Wildman–Crippen LogP) is 2.97. The van der Waals surface area contributed by atoms with Gasteiger partial charge in [0, 0.05) is 19.2 Å². The van der Waals surface area contributed by atoms with Crippen molar-refractivity contribution in [3.63, 3.8) is 0 Å². The van der Waals surface area contributed by atoms with E-state index in [9.17, 15) is 14.3 Å². The SMILES string of the molecule is O=C(N1CC2CCCCC2C1)n1nc(O)c2ccc(F)cc21. The molecule has 1 aliphatic heterocycles. The number of benzene rings is 1. The summed E-state index contributed by atoms with van der Waals surface area (Å²) in [6.07, 6.45) is 4.82. The first-order valence-corrected chi connectivity index (χ1v) is 7.80. The number of fused-ring (bicyclic) bond motifs is 2. The maximum atomic E-state index is 13.5. The summed E-state index contributed by atoms with van der Waals surface area (Å²) in [4.78, 5) is 14.5. The van der Waals surface area contributed by atoms with Gasteiger partial charge in [0.05, 0.1) is 10.9 Å². The lowest BCUT2D eigenvalue weighted by atomic mass is 9.82. The third-order valence-electron chi connectivity index (χ3n) is 5.05. The van der Waals surface area contributed by atoms with Gasteiger partial charge in [-0.3, -0.25) is 0 Å². The van der Waals surface area contributed by atoms with Gasteiger partial charge in [0.2, 0.25) is 5.88 Å². The van der Waals surface area contributed by atoms with Crippen LogP contribution in [-0.2, 0) is 0 Å². The Morgan fingerprint density at radius 1 is 1.23 bits per heavy atom. The van der Waals surface area contributed by atoms with Crippen LogP contribution in [0.15, 0.2) is 18.2 Å². The summed E-state index contributed by atoms with van der Waals surface area (Å²) in [5, 5.41) is 14.2. The average Bonchev–Trinajstić information content (AvgIpc) is 3.08. The Balaban J connectivity index is 1.67. The van der Waals surface area contributed by atoms with E-state index in [1.807, 2.05) is 0 Å². The first-order valence-electron chi connectivity index (χ1n) is 7.80. The van der Waals surface area contributed by atoms with Gasteiger partial charge in [-0.25, -0.2) is 9.18 Å². The topological polar surface area (TPSA) is 58.4 Å². The molecule has 4 rings (SSSR count). The smallest absolute Gasteiger partial charge is 0.345 e. The molecular formula is C16H18FN3O2. The van der Waals surface area contributed by atoms with Gasteiger partial charge >= 0.3 is 6.03 Å². The molecule has 22 heavy (non-hydrogen) atoms. The van der Waals surface area contributed by atoms with E-state index in [0.717, 1.165) is 17.8 Å². The van der Waals surface area contributed by atoms with E-state index in [1.54, 1.807) is 4.90 Å². The Kier molecular flexibility index (Phi) is 3.06. The van der Waals surface area contributed by atoms with Gasteiger partial charge in [0.1, 0.15) is 5.82 Å². The molecule has 2 unspecified atom stereocenters. The zero-order valence-corrected chi connectivity index (χ0v) is 12.2. The van der Waals surface area contributed by atoms with E-state index in [2.05, 4.69) is 5.10 Å². The highest BCUT2D eigenvalue weighted by Crippen LogP contribution is 2.36. The number of carbonyl (C=O) groups excluding carboxylic acids is 1. The molecule has 5 nitrogen and oxygen atoms in total. The number of halogens is 1. The number of hydrogen-bond acceptors (Lipinski definition) is 3. The van der Waals surface area contributed by atoms with E-state index >= 15 is 0 Å². The van der Waals surface area contributed by atoms with Crippen molar-refractivity contribution in [1.29, 1.82) is 0 Å². The molecule has 1 aromatic heterocycles. The van der Waals surface area contributed by atoms with E-state index < -0.39 is 5.82 Å². The number of rotatable bonds is 0. The van der Waals surface area contributed by atoms with Gasteiger partial charge in [-0.05, 0) is 36.8 Å². The Labute approximate surface area is 127 Å². The molecule has 1 amide bonds. The Morgan fingerprint density at radius 2 is 1.91 bits per heavy atom. The Hall–Kier alpha value is -2.11. The summed E-state index contributed by atoms with van der Waals surface area (Å²) in [6.45, 7) is 1.47. The summed E-state index contributed by atoms with van der Waals surface area (Å²) in [5.74, 6) is 0.464. The first kappa shape index (κ1) is 13.5. The standard InChI is InChI=1S/C16H18FN3O2/c17-12-5-6-13-14(7-12)20(18-15(13)21)16(22)19-8-10-3-1-2-4-11(10)9-19/h5-7,10-11H,1-4,8-9H2,(H,18,21). The molecule has 0 bridgehead atoms. The number of carbonyl (C=O) groups is 1. The van der Waals surface area contributed by atoms with Crippen LogP contribution in [0.25, 0.3) is 10.9 Å². The second kappa shape index (κ2) is 4.97. The number of nitrogens with zero attached hydrogens (tertiary/aromatic N) is 3. The summed E-state index contributed by atoms with van der Waals surface area (Å²) >= 11 is 0. The normalized spacial score (nSPS) is 24.7. The lowest BCUT2D eigenvalue weighted by Crippen LogP contribution is -2.33. The van der Waals surface area contributed by atoms with Gasteiger partial charge in [0.25, 0.3) is 0 Å². The van der Waals surface area contributed by atoms with Crippen LogP contribution in [0.1, 0.15) is 25.7 Å². The number of aromatic nitrogens is 2. The molecule has 6 heteroatoms. The van der Waals surface area contributed by atoms with Crippen LogP contribution in [0.4, 0.5) is 9.18 Å². The summed E-state index contributed by atoms with van der Waals surface area (Å²) in [5.41, 5.74) is 0.317. The fourth-order valence-corrected chi connectivity index (χ4v) is 3.91. The highest BCUT2D eigenvalue weighted by molar-refractivity contribution is 5.93. The predicted molar refractivity (Wildman–Crippen MR) is 79.2 cm³/mol. The number of amides is 1. The van der Waals surface area contributed by atoms with Crippen molar-refractivity contribution in [3.05, 3.63) is 24.0 Å². The number of aromatic hydroxyl groups is 1. The third-order valence-corrected chi connectivity index (χ3v) is 5.05. The molecule has 1 saturated carbocycles. The first-order chi connectivity index (χ1) is 10.6. The average molecular weight is 303 g/mol.